The van der Waals surface area contributed by atoms with Gasteiger partial charge in [-0.2, -0.15) is 0 Å². The number of hydrogen-bond donors (Lipinski definition) is 2. The molecule has 1 aliphatic carbocycles. The van der Waals surface area contributed by atoms with Crippen molar-refractivity contribution >= 4 is 18.0 Å². The van der Waals surface area contributed by atoms with E-state index in [9.17, 15) is 23.5 Å². The van der Waals surface area contributed by atoms with Crippen LogP contribution in [-0.2, 0) is 16.2 Å². The van der Waals surface area contributed by atoms with Crippen molar-refractivity contribution in [1.29, 1.82) is 0 Å². The van der Waals surface area contributed by atoms with Gasteiger partial charge in [-0.15, -0.1) is 0 Å². The summed E-state index contributed by atoms with van der Waals surface area (Å²) in [6.07, 6.45) is 5.13. The summed E-state index contributed by atoms with van der Waals surface area (Å²) < 4.78 is 37.9. The molecule has 2 N–H and O–H groups in total. The second-order valence-corrected chi connectivity index (χ2v) is 7.35. The molecular weight excluding hydrogens is 408 g/mol. The van der Waals surface area contributed by atoms with E-state index in [1.807, 2.05) is 0 Å². The van der Waals surface area contributed by atoms with Crippen LogP contribution in [0.5, 0.6) is 11.5 Å². The number of amides is 1. The van der Waals surface area contributed by atoms with Gasteiger partial charge in [0.2, 0.25) is 5.91 Å². The summed E-state index contributed by atoms with van der Waals surface area (Å²) in [7, 11) is 1.43. The number of carbonyl (C=O) groups excluding carboxylic acids is 1. The fourth-order valence-corrected chi connectivity index (χ4v) is 3.54. The molecule has 0 saturated heterocycles. The number of hydrogen-bond acceptors (Lipinski definition) is 4. The van der Waals surface area contributed by atoms with Crippen molar-refractivity contribution in [3.63, 3.8) is 0 Å². The standard InChI is InChI=1S/C23H23F2NO5/c1-30-20-12-15(5-9-21(27)26-23(22(28)29)10-2-3-11-23)4-8-19(20)31-14-16-13-17(24)6-7-18(16)25/h4-9,12-13H,2-3,10-11,14H2,1H3,(H,26,27)(H,28,29)/b9-5+. The van der Waals surface area contributed by atoms with Gasteiger partial charge in [-0.05, 0) is 54.8 Å². The molecule has 0 aromatic heterocycles. The minimum atomic E-state index is -1.21. The molecule has 2 aromatic rings. The van der Waals surface area contributed by atoms with Crippen LogP contribution in [0.15, 0.2) is 42.5 Å². The molecule has 0 heterocycles. The topological polar surface area (TPSA) is 84.9 Å². The Labute approximate surface area is 178 Å². The molecule has 164 valence electrons. The van der Waals surface area contributed by atoms with Crippen LogP contribution in [0, 0.1) is 11.6 Å². The monoisotopic (exact) mass is 431 g/mol. The number of methoxy groups -OCH3 is 1. The number of aliphatic carboxylic acids is 1. The molecule has 2 aromatic carbocycles. The van der Waals surface area contributed by atoms with Crippen LogP contribution >= 0.6 is 0 Å². The van der Waals surface area contributed by atoms with Crippen LogP contribution < -0.4 is 14.8 Å². The summed E-state index contributed by atoms with van der Waals surface area (Å²) in [5.74, 6) is -1.99. The Kier molecular flexibility index (Phi) is 6.89. The third-order valence-corrected chi connectivity index (χ3v) is 5.23. The van der Waals surface area contributed by atoms with E-state index < -0.39 is 29.0 Å². The lowest BCUT2D eigenvalue weighted by atomic mass is 9.98. The molecule has 0 bridgehead atoms. The van der Waals surface area contributed by atoms with Crippen molar-refractivity contribution in [2.24, 2.45) is 0 Å². The van der Waals surface area contributed by atoms with Gasteiger partial charge in [-0.3, -0.25) is 4.79 Å². The summed E-state index contributed by atoms with van der Waals surface area (Å²) in [5.41, 5.74) is -0.516. The van der Waals surface area contributed by atoms with Crippen LogP contribution in [0.4, 0.5) is 8.78 Å². The van der Waals surface area contributed by atoms with Crippen LogP contribution in [-0.4, -0.2) is 29.6 Å². The molecule has 0 atom stereocenters. The predicted molar refractivity (Wildman–Crippen MR) is 110 cm³/mol. The maximum Gasteiger partial charge on any atom is 0.329 e. The van der Waals surface area contributed by atoms with E-state index in [1.165, 1.54) is 19.3 Å². The summed E-state index contributed by atoms with van der Waals surface area (Å²) >= 11 is 0. The first-order valence-corrected chi connectivity index (χ1v) is 9.81. The molecule has 0 unspecified atom stereocenters. The number of ether oxygens (including phenoxy) is 2. The molecule has 3 rings (SSSR count). The molecule has 1 saturated carbocycles. The number of benzene rings is 2. The Morgan fingerprint density at radius 1 is 1.13 bits per heavy atom. The van der Waals surface area contributed by atoms with E-state index in [0.29, 0.717) is 29.9 Å². The summed E-state index contributed by atoms with van der Waals surface area (Å²) in [6.45, 7) is -0.186. The Morgan fingerprint density at radius 3 is 2.55 bits per heavy atom. The zero-order valence-corrected chi connectivity index (χ0v) is 17.0. The maximum absolute atomic E-state index is 13.8. The van der Waals surface area contributed by atoms with E-state index in [1.54, 1.807) is 18.2 Å². The van der Waals surface area contributed by atoms with E-state index in [0.717, 1.165) is 31.0 Å². The molecule has 6 nitrogen and oxygen atoms in total. The van der Waals surface area contributed by atoms with E-state index in [4.69, 9.17) is 9.47 Å². The van der Waals surface area contributed by atoms with Gasteiger partial charge in [0.1, 0.15) is 23.8 Å². The number of carboxylic acids is 1. The molecular formula is C23H23F2NO5. The van der Waals surface area contributed by atoms with Crippen LogP contribution in [0.1, 0.15) is 36.8 Å². The molecule has 1 amide bonds. The van der Waals surface area contributed by atoms with E-state index in [-0.39, 0.29) is 12.2 Å². The first-order valence-electron chi connectivity index (χ1n) is 9.81. The number of carboxylic acid groups (broad SMARTS) is 1. The third kappa shape index (κ3) is 5.39. The lowest BCUT2D eigenvalue weighted by Gasteiger charge is -2.24. The molecule has 0 spiro atoms. The first-order chi connectivity index (χ1) is 14.8. The average Bonchev–Trinajstić information content (AvgIpc) is 3.23. The van der Waals surface area contributed by atoms with Crippen molar-refractivity contribution < 1.29 is 33.0 Å². The number of carbonyl (C=O) groups is 2. The van der Waals surface area contributed by atoms with E-state index in [2.05, 4.69) is 5.32 Å². The van der Waals surface area contributed by atoms with Crippen molar-refractivity contribution in [3.8, 4) is 11.5 Å². The third-order valence-electron chi connectivity index (χ3n) is 5.23. The minimum Gasteiger partial charge on any atom is -0.493 e. The van der Waals surface area contributed by atoms with Crippen molar-refractivity contribution in [2.45, 2.75) is 37.8 Å². The van der Waals surface area contributed by atoms with Crippen molar-refractivity contribution in [2.75, 3.05) is 7.11 Å². The van der Waals surface area contributed by atoms with Crippen molar-refractivity contribution in [3.05, 3.63) is 65.2 Å². The second kappa shape index (κ2) is 9.59. The number of rotatable bonds is 8. The predicted octanol–water partition coefficient (Wildman–Crippen LogP) is 4.08. The fraction of sp³-hybridized carbons (Fsp3) is 0.304. The van der Waals surface area contributed by atoms with Gasteiger partial charge < -0.3 is 19.9 Å². The van der Waals surface area contributed by atoms with Gasteiger partial charge in [0.15, 0.2) is 11.5 Å². The Balaban J connectivity index is 1.67. The second-order valence-electron chi connectivity index (χ2n) is 7.35. The van der Waals surface area contributed by atoms with Gasteiger partial charge in [-0.25, -0.2) is 13.6 Å². The zero-order chi connectivity index (χ0) is 22.4. The highest BCUT2D eigenvalue weighted by molar-refractivity contribution is 5.96. The van der Waals surface area contributed by atoms with Gasteiger partial charge in [0, 0.05) is 11.6 Å². The molecule has 31 heavy (non-hydrogen) atoms. The fourth-order valence-electron chi connectivity index (χ4n) is 3.54. The molecule has 0 aliphatic heterocycles. The lowest BCUT2D eigenvalue weighted by Crippen LogP contribution is -2.52. The number of nitrogens with one attached hydrogen (secondary N) is 1. The normalized spacial score (nSPS) is 15.1. The SMILES string of the molecule is COc1cc(/C=C/C(=O)NC2(C(=O)O)CCCC2)ccc1OCc1cc(F)ccc1F. The van der Waals surface area contributed by atoms with Crippen LogP contribution in [0.2, 0.25) is 0 Å². The zero-order valence-electron chi connectivity index (χ0n) is 17.0. The van der Waals surface area contributed by atoms with Gasteiger partial charge in [0.05, 0.1) is 7.11 Å². The molecule has 1 aliphatic rings. The highest BCUT2D eigenvalue weighted by atomic mass is 19.1. The summed E-state index contributed by atoms with van der Waals surface area (Å²) in [5, 5.41) is 12.1. The average molecular weight is 431 g/mol. The summed E-state index contributed by atoms with van der Waals surface area (Å²) in [4.78, 5) is 23.8. The molecule has 8 heteroatoms. The smallest absolute Gasteiger partial charge is 0.329 e. The molecule has 0 radical (unpaired) electrons. The first kappa shape index (κ1) is 22.3. The van der Waals surface area contributed by atoms with Crippen molar-refractivity contribution in [1.82, 2.24) is 5.32 Å². The largest absolute Gasteiger partial charge is 0.493 e. The lowest BCUT2D eigenvalue weighted by molar-refractivity contribution is -0.146. The quantitative estimate of drug-likeness (QED) is 0.616. The number of halogens is 2. The Bertz CT molecular complexity index is 999. The van der Waals surface area contributed by atoms with Gasteiger partial charge >= 0.3 is 5.97 Å². The molecule has 1 fully saturated rings. The highest BCUT2D eigenvalue weighted by Crippen LogP contribution is 2.31. The highest BCUT2D eigenvalue weighted by Gasteiger charge is 2.42. The van der Waals surface area contributed by atoms with Gasteiger partial charge in [-0.1, -0.05) is 18.9 Å². The Morgan fingerprint density at radius 2 is 1.87 bits per heavy atom. The van der Waals surface area contributed by atoms with Crippen LogP contribution in [0.25, 0.3) is 6.08 Å². The van der Waals surface area contributed by atoms with Crippen LogP contribution in [0.3, 0.4) is 0 Å². The minimum absolute atomic E-state index is 0.0713. The van der Waals surface area contributed by atoms with Gasteiger partial charge in [0.25, 0.3) is 0 Å². The summed E-state index contributed by atoms with van der Waals surface area (Å²) in [6, 6.07) is 7.98. The van der Waals surface area contributed by atoms with E-state index >= 15 is 0 Å². The maximum atomic E-state index is 13.8. The Hall–Kier alpha value is -3.42.